The van der Waals surface area contributed by atoms with Gasteiger partial charge >= 0.3 is 0 Å². The predicted octanol–water partition coefficient (Wildman–Crippen LogP) is -0.229. The van der Waals surface area contributed by atoms with Crippen molar-refractivity contribution < 1.29 is 30.7 Å². The molecular formula is C7H9NO7S2. The fourth-order valence-corrected chi connectivity index (χ4v) is 2.46. The molecule has 17 heavy (non-hydrogen) atoms. The zero-order valence-corrected chi connectivity index (χ0v) is 10.1. The highest BCUT2D eigenvalue weighted by Crippen LogP contribution is 2.32. The third-order valence-electron chi connectivity index (χ3n) is 1.83. The molecule has 8 nitrogen and oxygen atoms in total. The van der Waals surface area contributed by atoms with Crippen molar-refractivity contribution in [3.05, 3.63) is 12.1 Å². The summed E-state index contributed by atoms with van der Waals surface area (Å²) >= 11 is 0. The molecule has 0 bridgehead atoms. The first kappa shape index (κ1) is 13.7. The Bertz CT molecular complexity index is 647. The van der Waals surface area contributed by atoms with Crippen molar-refractivity contribution in [3.8, 4) is 5.75 Å². The minimum Gasteiger partial charge on any atom is -0.495 e. The molecule has 10 heteroatoms. The minimum atomic E-state index is -4.66. The highest BCUT2D eigenvalue weighted by Gasteiger charge is 2.24. The van der Waals surface area contributed by atoms with Gasteiger partial charge in [0.1, 0.15) is 5.75 Å². The smallest absolute Gasteiger partial charge is 0.300 e. The number of anilines is 1. The lowest BCUT2D eigenvalue weighted by atomic mass is 10.3. The molecule has 1 aromatic carbocycles. The first-order valence-corrected chi connectivity index (χ1v) is 6.88. The van der Waals surface area contributed by atoms with Gasteiger partial charge in [0, 0.05) is 6.07 Å². The van der Waals surface area contributed by atoms with Crippen LogP contribution in [0.1, 0.15) is 0 Å². The first-order valence-electron chi connectivity index (χ1n) is 4.00. The number of ether oxygens (including phenoxy) is 1. The highest BCUT2D eigenvalue weighted by molar-refractivity contribution is 7.86. The van der Waals surface area contributed by atoms with Crippen molar-refractivity contribution in [2.45, 2.75) is 9.79 Å². The Morgan fingerprint density at radius 1 is 1.12 bits per heavy atom. The second kappa shape index (κ2) is 4.14. The van der Waals surface area contributed by atoms with Crippen LogP contribution >= 0.6 is 0 Å². The van der Waals surface area contributed by atoms with Crippen molar-refractivity contribution in [2.24, 2.45) is 0 Å². The number of nitrogens with two attached hydrogens (primary N) is 1. The maximum Gasteiger partial charge on any atom is 0.300 e. The summed E-state index contributed by atoms with van der Waals surface area (Å²) in [5, 5.41) is 0. The highest BCUT2D eigenvalue weighted by atomic mass is 32.2. The molecule has 0 saturated carbocycles. The van der Waals surface area contributed by atoms with Crippen LogP contribution in [0.2, 0.25) is 0 Å². The van der Waals surface area contributed by atoms with E-state index in [1.807, 2.05) is 0 Å². The molecule has 0 spiro atoms. The Hall–Kier alpha value is -1.36. The first-order chi connectivity index (χ1) is 7.57. The molecule has 0 unspecified atom stereocenters. The summed E-state index contributed by atoms with van der Waals surface area (Å²) in [5.74, 6) is -0.486. The summed E-state index contributed by atoms with van der Waals surface area (Å²) in [6.07, 6.45) is 0. The third-order valence-corrected chi connectivity index (χ3v) is 3.62. The van der Waals surface area contributed by atoms with E-state index in [-0.39, 0.29) is 0 Å². The van der Waals surface area contributed by atoms with Gasteiger partial charge in [-0.2, -0.15) is 16.8 Å². The van der Waals surface area contributed by atoms with E-state index in [1.54, 1.807) is 0 Å². The molecule has 0 aromatic heterocycles. The lowest BCUT2D eigenvalue weighted by Crippen LogP contribution is -2.08. The molecule has 0 aliphatic heterocycles. The summed E-state index contributed by atoms with van der Waals surface area (Å²) in [6.45, 7) is 0. The fourth-order valence-electron chi connectivity index (χ4n) is 1.17. The maximum absolute atomic E-state index is 11.0. The van der Waals surface area contributed by atoms with E-state index >= 15 is 0 Å². The summed E-state index contributed by atoms with van der Waals surface area (Å²) in [6, 6.07) is 1.43. The molecule has 4 N–H and O–H groups in total. The van der Waals surface area contributed by atoms with E-state index < -0.39 is 41.5 Å². The molecule has 0 atom stereocenters. The lowest BCUT2D eigenvalue weighted by Gasteiger charge is -2.10. The average molecular weight is 283 g/mol. The SMILES string of the molecule is COc1cc(S(=O)(=O)O)cc(N)c1S(=O)(=O)O. The molecule has 0 saturated heterocycles. The van der Waals surface area contributed by atoms with E-state index in [4.69, 9.17) is 14.8 Å². The van der Waals surface area contributed by atoms with Gasteiger partial charge in [-0.25, -0.2) is 0 Å². The Labute approximate surface area is 97.5 Å². The van der Waals surface area contributed by atoms with Gasteiger partial charge in [-0.05, 0) is 6.07 Å². The van der Waals surface area contributed by atoms with Gasteiger partial charge in [0.05, 0.1) is 17.7 Å². The van der Waals surface area contributed by atoms with E-state index in [0.717, 1.165) is 13.2 Å². The zero-order valence-electron chi connectivity index (χ0n) is 8.48. The summed E-state index contributed by atoms with van der Waals surface area (Å²) in [5.41, 5.74) is 4.73. The monoisotopic (exact) mass is 283 g/mol. The van der Waals surface area contributed by atoms with Gasteiger partial charge in [-0.3, -0.25) is 9.11 Å². The standard InChI is InChI=1S/C7H9NO7S2/c1-15-6-3-4(16(9,10)11)2-5(8)7(6)17(12,13)14/h2-3H,8H2,1H3,(H,9,10,11)(H,12,13,14). The van der Waals surface area contributed by atoms with Gasteiger partial charge < -0.3 is 10.5 Å². The molecular weight excluding hydrogens is 274 g/mol. The summed E-state index contributed by atoms with van der Waals surface area (Å²) in [4.78, 5) is -1.40. The number of hydrogen-bond acceptors (Lipinski definition) is 6. The van der Waals surface area contributed by atoms with Crippen molar-refractivity contribution in [1.29, 1.82) is 0 Å². The molecule has 1 rings (SSSR count). The second-order valence-electron chi connectivity index (χ2n) is 2.99. The van der Waals surface area contributed by atoms with Crippen molar-refractivity contribution in [2.75, 3.05) is 12.8 Å². The van der Waals surface area contributed by atoms with Crippen LogP contribution in [0.3, 0.4) is 0 Å². The summed E-state index contributed by atoms with van der Waals surface area (Å²) in [7, 11) is -8.17. The van der Waals surface area contributed by atoms with E-state index in [1.165, 1.54) is 0 Å². The van der Waals surface area contributed by atoms with Crippen LogP contribution in [-0.2, 0) is 20.2 Å². The second-order valence-corrected chi connectivity index (χ2v) is 5.77. The largest absolute Gasteiger partial charge is 0.495 e. The van der Waals surface area contributed by atoms with E-state index in [2.05, 4.69) is 4.74 Å². The van der Waals surface area contributed by atoms with Crippen LogP contribution in [0, 0.1) is 0 Å². The quantitative estimate of drug-likeness (QED) is 0.509. The predicted molar refractivity (Wildman–Crippen MR) is 57.0 cm³/mol. The summed E-state index contributed by atoms with van der Waals surface area (Å²) < 4.78 is 65.9. The van der Waals surface area contributed by atoms with Crippen LogP contribution in [0.4, 0.5) is 5.69 Å². The fraction of sp³-hybridized carbons (Fsp3) is 0.143. The number of nitrogen functional groups attached to an aromatic ring is 1. The molecule has 0 heterocycles. The number of benzene rings is 1. The lowest BCUT2D eigenvalue weighted by molar-refractivity contribution is 0.396. The van der Waals surface area contributed by atoms with Crippen molar-refractivity contribution in [1.82, 2.24) is 0 Å². The Kier molecular flexibility index (Phi) is 3.34. The minimum absolute atomic E-state index is 0.486. The Morgan fingerprint density at radius 2 is 1.65 bits per heavy atom. The van der Waals surface area contributed by atoms with Crippen molar-refractivity contribution in [3.63, 3.8) is 0 Å². The zero-order chi connectivity index (χ0) is 13.4. The van der Waals surface area contributed by atoms with E-state index in [0.29, 0.717) is 6.07 Å². The third kappa shape index (κ3) is 2.85. The van der Waals surface area contributed by atoms with Crippen LogP contribution in [0.25, 0.3) is 0 Å². The van der Waals surface area contributed by atoms with E-state index in [9.17, 15) is 16.8 Å². The van der Waals surface area contributed by atoms with Crippen LogP contribution < -0.4 is 10.5 Å². The number of hydrogen-bond donors (Lipinski definition) is 3. The Balaban J connectivity index is 3.71. The average Bonchev–Trinajstić information content (AvgIpc) is 2.12. The number of rotatable bonds is 3. The normalized spacial score (nSPS) is 12.4. The maximum atomic E-state index is 11.0. The van der Waals surface area contributed by atoms with Gasteiger partial charge in [0.2, 0.25) is 0 Å². The Morgan fingerprint density at radius 3 is 2.00 bits per heavy atom. The topological polar surface area (TPSA) is 144 Å². The van der Waals surface area contributed by atoms with Crippen LogP contribution in [0.5, 0.6) is 5.75 Å². The molecule has 0 fully saturated rings. The molecule has 0 amide bonds. The van der Waals surface area contributed by atoms with Crippen LogP contribution in [0.15, 0.2) is 21.9 Å². The van der Waals surface area contributed by atoms with Crippen LogP contribution in [-0.4, -0.2) is 33.1 Å². The van der Waals surface area contributed by atoms with Gasteiger partial charge in [0.25, 0.3) is 20.2 Å². The molecule has 1 aromatic rings. The molecule has 0 aliphatic rings. The van der Waals surface area contributed by atoms with Gasteiger partial charge in [0.15, 0.2) is 4.90 Å². The van der Waals surface area contributed by atoms with Gasteiger partial charge in [-0.1, -0.05) is 0 Å². The molecule has 0 aliphatic carbocycles. The number of methoxy groups -OCH3 is 1. The molecule has 96 valence electrons. The molecule has 0 radical (unpaired) electrons. The van der Waals surface area contributed by atoms with Gasteiger partial charge in [-0.15, -0.1) is 0 Å². The van der Waals surface area contributed by atoms with Crippen molar-refractivity contribution >= 4 is 25.9 Å².